The molecule has 144 valence electrons. The van der Waals surface area contributed by atoms with Crippen LogP contribution in [-0.2, 0) is 9.59 Å². The largest absolute Gasteiger partial charge is 0.497 e. The molecule has 0 bridgehead atoms. The number of Topliss-reactive ketones (excluding diaryl/α,β-unsaturated/α-hetero) is 1. The van der Waals surface area contributed by atoms with Gasteiger partial charge in [-0.2, -0.15) is 0 Å². The average Bonchev–Trinajstić information content (AvgIpc) is 2.70. The summed E-state index contributed by atoms with van der Waals surface area (Å²) in [4.78, 5) is 28.0. The second kappa shape index (κ2) is 7.27. The lowest BCUT2D eigenvalue weighted by molar-refractivity contribution is -0.119. The van der Waals surface area contributed by atoms with E-state index in [0.29, 0.717) is 12.8 Å². The van der Waals surface area contributed by atoms with Crippen LogP contribution in [0.1, 0.15) is 48.3 Å². The number of rotatable bonds is 3. The minimum atomic E-state index is -0.178. The zero-order valence-corrected chi connectivity index (χ0v) is 16.6. The van der Waals surface area contributed by atoms with E-state index in [0.717, 1.165) is 52.2 Å². The monoisotopic (exact) mass is 375 g/mol. The number of aryl methyl sites for hydroxylation is 1. The maximum atomic E-state index is 13.3. The van der Waals surface area contributed by atoms with Crippen LogP contribution in [0, 0.1) is 13.8 Å². The molecule has 2 aliphatic rings. The van der Waals surface area contributed by atoms with Crippen molar-refractivity contribution in [1.29, 1.82) is 0 Å². The van der Waals surface area contributed by atoms with Crippen LogP contribution in [0.5, 0.6) is 5.75 Å². The first-order chi connectivity index (χ1) is 13.5. The number of carbonyl (C=O) groups excluding carboxylic acids is 2. The van der Waals surface area contributed by atoms with E-state index in [1.54, 1.807) is 7.11 Å². The minimum absolute atomic E-state index is 0.0583. The van der Waals surface area contributed by atoms with Crippen molar-refractivity contribution in [3.8, 4) is 5.75 Å². The summed E-state index contributed by atoms with van der Waals surface area (Å²) in [5.74, 6) is 0.822. The maximum Gasteiger partial charge on any atom is 0.232 e. The van der Waals surface area contributed by atoms with E-state index in [2.05, 4.69) is 13.0 Å². The summed E-state index contributed by atoms with van der Waals surface area (Å²) >= 11 is 0. The fourth-order valence-electron chi connectivity index (χ4n) is 4.37. The summed E-state index contributed by atoms with van der Waals surface area (Å²) < 4.78 is 5.25. The molecule has 28 heavy (non-hydrogen) atoms. The number of methoxy groups -OCH3 is 1. The summed E-state index contributed by atoms with van der Waals surface area (Å²) in [6.07, 6.45) is 2.42. The third kappa shape index (κ3) is 3.03. The van der Waals surface area contributed by atoms with E-state index < -0.39 is 0 Å². The number of hydrogen-bond acceptors (Lipinski definition) is 3. The molecule has 2 aromatic rings. The van der Waals surface area contributed by atoms with E-state index >= 15 is 0 Å². The number of anilines is 1. The van der Waals surface area contributed by atoms with Gasteiger partial charge >= 0.3 is 0 Å². The number of ketones is 1. The van der Waals surface area contributed by atoms with Gasteiger partial charge in [-0.3, -0.25) is 14.5 Å². The van der Waals surface area contributed by atoms with E-state index in [-0.39, 0.29) is 17.6 Å². The molecule has 0 fully saturated rings. The van der Waals surface area contributed by atoms with Crippen LogP contribution in [-0.4, -0.2) is 18.8 Å². The van der Waals surface area contributed by atoms with Crippen molar-refractivity contribution in [2.24, 2.45) is 0 Å². The Hall–Kier alpha value is -2.88. The van der Waals surface area contributed by atoms with E-state index in [4.69, 9.17) is 4.74 Å². The number of carbonyl (C=O) groups is 2. The highest BCUT2D eigenvalue weighted by Gasteiger charge is 2.40. The second-order valence-corrected chi connectivity index (χ2v) is 7.62. The quantitative estimate of drug-likeness (QED) is 0.771. The molecule has 1 aliphatic heterocycles. The molecule has 0 saturated carbocycles. The number of benzene rings is 2. The number of hydrogen-bond donors (Lipinski definition) is 0. The van der Waals surface area contributed by atoms with E-state index in [1.165, 1.54) is 0 Å². The molecular weight excluding hydrogens is 350 g/mol. The van der Waals surface area contributed by atoms with Crippen molar-refractivity contribution in [2.45, 2.75) is 45.4 Å². The molecule has 1 aliphatic carbocycles. The normalized spacial score (nSPS) is 19.7. The molecule has 4 nitrogen and oxygen atoms in total. The third-order valence-corrected chi connectivity index (χ3v) is 6.01. The molecule has 1 amide bonds. The lowest BCUT2D eigenvalue weighted by Crippen LogP contribution is -2.41. The first-order valence-corrected chi connectivity index (χ1v) is 9.80. The Balaban J connectivity index is 1.85. The molecular formula is C24H25NO3. The second-order valence-electron chi connectivity index (χ2n) is 7.62. The van der Waals surface area contributed by atoms with Gasteiger partial charge in [0, 0.05) is 30.0 Å². The van der Waals surface area contributed by atoms with Gasteiger partial charge in [-0.25, -0.2) is 0 Å². The van der Waals surface area contributed by atoms with Crippen LogP contribution < -0.4 is 9.64 Å². The van der Waals surface area contributed by atoms with Crippen LogP contribution in [0.4, 0.5) is 5.69 Å². The first kappa shape index (κ1) is 18.5. The first-order valence-electron chi connectivity index (χ1n) is 9.80. The lowest BCUT2D eigenvalue weighted by Gasteiger charge is -2.39. The molecule has 0 N–H and O–H groups in total. The van der Waals surface area contributed by atoms with Crippen molar-refractivity contribution in [2.75, 3.05) is 12.0 Å². The maximum absolute atomic E-state index is 13.3. The molecule has 0 radical (unpaired) electrons. The number of amides is 1. The Morgan fingerprint density at radius 2 is 1.75 bits per heavy atom. The Labute approximate surface area is 165 Å². The fraction of sp³-hybridized carbons (Fsp3) is 0.333. The molecule has 4 rings (SSSR count). The molecule has 1 atom stereocenters. The average molecular weight is 375 g/mol. The van der Waals surface area contributed by atoms with E-state index in [1.807, 2.05) is 48.2 Å². The van der Waals surface area contributed by atoms with Crippen LogP contribution >= 0.6 is 0 Å². The summed E-state index contributed by atoms with van der Waals surface area (Å²) in [7, 11) is 1.63. The smallest absolute Gasteiger partial charge is 0.232 e. The third-order valence-electron chi connectivity index (χ3n) is 6.01. The van der Waals surface area contributed by atoms with Crippen molar-refractivity contribution in [3.63, 3.8) is 0 Å². The zero-order valence-electron chi connectivity index (χ0n) is 16.6. The van der Waals surface area contributed by atoms with Gasteiger partial charge in [0.15, 0.2) is 5.78 Å². The minimum Gasteiger partial charge on any atom is -0.497 e. The molecule has 0 spiro atoms. The van der Waals surface area contributed by atoms with Crippen molar-refractivity contribution in [1.82, 2.24) is 0 Å². The molecule has 1 heterocycles. The van der Waals surface area contributed by atoms with Crippen molar-refractivity contribution < 1.29 is 14.3 Å². The van der Waals surface area contributed by atoms with Crippen molar-refractivity contribution in [3.05, 3.63) is 70.4 Å². The Kier molecular flexibility index (Phi) is 4.80. The fourth-order valence-corrected chi connectivity index (χ4v) is 4.37. The Bertz CT molecular complexity index is 972. The zero-order chi connectivity index (χ0) is 19.8. The standard InChI is InChI=1S/C24H25NO3/c1-15-6-4-7-20(16(15)2)25-21-8-5-9-22(26)24(21)19(14-23(25)27)17-10-12-18(28-3)13-11-17/h4,6-7,10-13,19H,5,8-9,14H2,1-3H3. The molecule has 2 aromatic carbocycles. The van der Waals surface area contributed by atoms with Crippen LogP contribution in [0.25, 0.3) is 0 Å². The molecule has 0 saturated heterocycles. The summed E-state index contributed by atoms with van der Waals surface area (Å²) in [5, 5.41) is 0. The van der Waals surface area contributed by atoms with Gasteiger partial charge in [-0.05, 0) is 61.6 Å². The topological polar surface area (TPSA) is 46.6 Å². The van der Waals surface area contributed by atoms with Crippen LogP contribution in [0.2, 0.25) is 0 Å². The predicted molar refractivity (Wildman–Crippen MR) is 110 cm³/mol. The Morgan fingerprint density at radius 1 is 1.00 bits per heavy atom. The lowest BCUT2D eigenvalue weighted by atomic mass is 9.77. The van der Waals surface area contributed by atoms with Gasteiger partial charge < -0.3 is 4.74 Å². The van der Waals surface area contributed by atoms with Gasteiger partial charge in [-0.1, -0.05) is 24.3 Å². The Morgan fingerprint density at radius 3 is 2.46 bits per heavy atom. The summed E-state index contributed by atoms with van der Waals surface area (Å²) in [6.45, 7) is 4.09. The number of ether oxygens (including phenoxy) is 1. The van der Waals surface area contributed by atoms with E-state index in [9.17, 15) is 9.59 Å². The van der Waals surface area contributed by atoms with Gasteiger partial charge in [0.2, 0.25) is 5.91 Å². The van der Waals surface area contributed by atoms with Crippen molar-refractivity contribution >= 4 is 17.4 Å². The van der Waals surface area contributed by atoms with Crippen LogP contribution in [0.15, 0.2) is 53.7 Å². The SMILES string of the molecule is COc1ccc(C2CC(=O)N(c3cccc(C)c3C)C3=C2C(=O)CCC3)cc1. The summed E-state index contributed by atoms with van der Waals surface area (Å²) in [6, 6.07) is 13.7. The predicted octanol–water partition coefficient (Wildman–Crippen LogP) is 4.84. The molecule has 0 aromatic heterocycles. The van der Waals surface area contributed by atoms with Crippen LogP contribution in [0.3, 0.4) is 0 Å². The number of allylic oxidation sites excluding steroid dienone is 2. The molecule has 1 unspecified atom stereocenters. The molecule has 4 heteroatoms. The van der Waals surface area contributed by atoms with Gasteiger partial charge in [-0.15, -0.1) is 0 Å². The highest BCUT2D eigenvalue weighted by molar-refractivity contribution is 6.07. The van der Waals surface area contributed by atoms with Gasteiger partial charge in [0.25, 0.3) is 0 Å². The number of nitrogens with zero attached hydrogens (tertiary/aromatic N) is 1. The van der Waals surface area contributed by atoms with Gasteiger partial charge in [0.1, 0.15) is 5.75 Å². The highest BCUT2D eigenvalue weighted by Crippen LogP contribution is 2.44. The highest BCUT2D eigenvalue weighted by atomic mass is 16.5. The summed E-state index contributed by atoms with van der Waals surface area (Å²) in [5.41, 5.74) is 5.84. The van der Waals surface area contributed by atoms with Gasteiger partial charge in [0.05, 0.1) is 12.8 Å².